The van der Waals surface area contributed by atoms with E-state index in [1.807, 2.05) is 6.92 Å². The summed E-state index contributed by atoms with van der Waals surface area (Å²) in [6, 6.07) is 0. The molecule has 0 spiro atoms. The lowest BCUT2D eigenvalue weighted by Gasteiger charge is -2.41. The summed E-state index contributed by atoms with van der Waals surface area (Å²) in [5.74, 6) is 1.43. The first kappa shape index (κ1) is 9.44. The van der Waals surface area contributed by atoms with Crippen LogP contribution in [0.1, 0.15) is 13.3 Å². The fraction of sp³-hybridized carbons (Fsp3) is 1.00. The van der Waals surface area contributed by atoms with Crippen LogP contribution in [0.15, 0.2) is 0 Å². The summed E-state index contributed by atoms with van der Waals surface area (Å²) in [4.78, 5) is 2.38. The minimum absolute atomic E-state index is 0.195. The number of nitrogens with zero attached hydrogens (tertiary/aromatic N) is 1. The van der Waals surface area contributed by atoms with Gasteiger partial charge < -0.3 is 14.7 Å². The number of fused-ring (bicyclic) bond motifs is 2. The molecule has 2 fully saturated rings. The predicted molar refractivity (Wildman–Crippen MR) is 50.5 cm³/mol. The molecule has 2 rings (SSSR count). The average Bonchev–Trinajstić information content (AvgIpc) is 2.01. The zero-order valence-electron chi connectivity index (χ0n) is 8.28. The molecule has 0 aromatic rings. The molecule has 0 radical (unpaired) electrons. The molecule has 2 aliphatic rings. The first-order valence-corrected chi connectivity index (χ1v) is 5.22. The molecule has 3 atom stereocenters. The molecule has 2 saturated heterocycles. The van der Waals surface area contributed by atoms with Gasteiger partial charge in [-0.3, -0.25) is 0 Å². The van der Waals surface area contributed by atoms with Gasteiger partial charge >= 0.3 is 0 Å². The van der Waals surface area contributed by atoms with Gasteiger partial charge in [0.15, 0.2) is 0 Å². The topological polar surface area (TPSA) is 32.7 Å². The van der Waals surface area contributed by atoms with E-state index >= 15 is 0 Å². The summed E-state index contributed by atoms with van der Waals surface area (Å²) < 4.78 is 5.50. The molecule has 0 saturated carbocycles. The van der Waals surface area contributed by atoms with Gasteiger partial charge in [-0.2, -0.15) is 0 Å². The lowest BCUT2D eigenvalue weighted by atomic mass is 9.88. The van der Waals surface area contributed by atoms with Crippen molar-refractivity contribution in [2.24, 2.45) is 11.8 Å². The van der Waals surface area contributed by atoms with Gasteiger partial charge in [0.05, 0.1) is 19.3 Å². The van der Waals surface area contributed by atoms with Crippen molar-refractivity contribution in [3.63, 3.8) is 0 Å². The maximum atomic E-state index is 9.29. The van der Waals surface area contributed by atoms with Crippen LogP contribution in [-0.2, 0) is 4.74 Å². The highest BCUT2D eigenvalue weighted by Crippen LogP contribution is 2.26. The summed E-state index contributed by atoms with van der Waals surface area (Å²) in [5, 5.41) is 9.29. The highest BCUT2D eigenvalue weighted by molar-refractivity contribution is 4.82. The summed E-state index contributed by atoms with van der Waals surface area (Å²) in [7, 11) is 0. The maximum absolute atomic E-state index is 9.29. The quantitative estimate of drug-likeness (QED) is 0.673. The molecular weight excluding hydrogens is 166 g/mol. The van der Waals surface area contributed by atoms with Crippen LogP contribution in [0.3, 0.4) is 0 Å². The summed E-state index contributed by atoms with van der Waals surface area (Å²) >= 11 is 0. The number of rotatable bonds is 2. The Balaban J connectivity index is 1.86. The fourth-order valence-corrected chi connectivity index (χ4v) is 2.59. The third-order valence-corrected chi connectivity index (χ3v) is 2.93. The van der Waals surface area contributed by atoms with E-state index in [2.05, 4.69) is 4.90 Å². The summed E-state index contributed by atoms with van der Waals surface area (Å²) in [6.45, 7) is 6.76. The molecule has 13 heavy (non-hydrogen) atoms. The second-order valence-electron chi connectivity index (χ2n) is 4.57. The third kappa shape index (κ3) is 2.42. The largest absolute Gasteiger partial charge is 0.392 e. The predicted octanol–water partition coefficient (Wildman–Crippen LogP) is 0.336. The van der Waals surface area contributed by atoms with Crippen molar-refractivity contribution in [2.75, 3.05) is 32.8 Å². The van der Waals surface area contributed by atoms with E-state index in [0.29, 0.717) is 11.8 Å². The van der Waals surface area contributed by atoms with Crippen LogP contribution in [0.4, 0.5) is 0 Å². The Hall–Kier alpha value is -0.120. The highest BCUT2D eigenvalue weighted by Gasteiger charge is 2.31. The Bertz CT molecular complexity index is 160. The van der Waals surface area contributed by atoms with Crippen LogP contribution < -0.4 is 0 Å². The first-order chi connectivity index (χ1) is 6.24. The normalized spacial score (nSPS) is 37.4. The number of ether oxygens (including phenoxy) is 1. The molecule has 2 heterocycles. The Kier molecular flexibility index (Phi) is 2.86. The van der Waals surface area contributed by atoms with Gasteiger partial charge in [0.1, 0.15) is 0 Å². The number of piperidine rings is 1. The molecule has 76 valence electrons. The minimum atomic E-state index is -0.195. The number of hydrogen-bond acceptors (Lipinski definition) is 3. The second-order valence-corrected chi connectivity index (χ2v) is 4.57. The first-order valence-electron chi connectivity index (χ1n) is 5.22. The summed E-state index contributed by atoms with van der Waals surface area (Å²) in [6.07, 6.45) is 1.13. The number of β-amino-alcohol motifs (C(OH)–C–C–N with tert-alkyl or cyclic N) is 1. The maximum Gasteiger partial charge on any atom is 0.0639 e. The van der Waals surface area contributed by atoms with Crippen molar-refractivity contribution < 1.29 is 9.84 Å². The smallest absolute Gasteiger partial charge is 0.0639 e. The molecule has 3 heteroatoms. The van der Waals surface area contributed by atoms with Crippen molar-refractivity contribution in [2.45, 2.75) is 19.4 Å². The lowest BCUT2D eigenvalue weighted by Crippen LogP contribution is -2.48. The van der Waals surface area contributed by atoms with Crippen LogP contribution in [0.5, 0.6) is 0 Å². The van der Waals surface area contributed by atoms with Gasteiger partial charge in [-0.25, -0.2) is 0 Å². The van der Waals surface area contributed by atoms with E-state index in [1.165, 1.54) is 6.42 Å². The van der Waals surface area contributed by atoms with Crippen molar-refractivity contribution in [3.05, 3.63) is 0 Å². The SMILES string of the molecule is CC(O)CN1CC2COCC(C2)C1. The second kappa shape index (κ2) is 3.95. The molecule has 0 aromatic carbocycles. The van der Waals surface area contributed by atoms with Crippen molar-refractivity contribution in [1.29, 1.82) is 0 Å². The van der Waals surface area contributed by atoms with Crippen molar-refractivity contribution >= 4 is 0 Å². The Labute approximate surface area is 79.7 Å². The standard InChI is InChI=1S/C10H19NO2/c1-8(12)3-11-4-9-2-10(5-11)7-13-6-9/h8-10,12H,2-7H2,1H3. The molecule has 1 N–H and O–H groups in total. The van der Waals surface area contributed by atoms with Crippen LogP contribution in [0.2, 0.25) is 0 Å². The Morgan fingerprint density at radius 2 is 2.00 bits per heavy atom. The molecule has 0 aromatic heterocycles. The van der Waals surface area contributed by atoms with Crippen molar-refractivity contribution in [3.8, 4) is 0 Å². The van der Waals surface area contributed by atoms with Crippen LogP contribution in [0.25, 0.3) is 0 Å². The summed E-state index contributed by atoms with van der Waals surface area (Å²) in [5.41, 5.74) is 0. The number of aliphatic hydroxyl groups excluding tert-OH is 1. The van der Waals surface area contributed by atoms with Gasteiger partial charge in [0.25, 0.3) is 0 Å². The molecule has 3 unspecified atom stereocenters. The molecule has 3 nitrogen and oxygen atoms in total. The minimum Gasteiger partial charge on any atom is -0.392 e. The molecule has 0 aliphatic carbocycles. The average molecular weight is 185 g/mol. The van der Waals surface area contributed by atoms with Crippen molar-refractivity contribution in [1.82, 2.24) is 4.90 Å². The van der Waals surface area contributed by atoms with E-state index in [1.54, 1.807) is 0 Å². The van der Waals surface area contributed by atoms with E-state index in [9.17, 15) is 5.11 Å². The Morgan fingerprint density at radius 3 is 2.54 bits per heavy atom. The monoisotopic (exact) mass is 185 g/mol. The van der Waals surface area contributed by atoms with Crippen LogP contribution in [0, 0.1) is 11.8 Å². The lowest BCUT2D eigenvalue weighted by molar-refractivity contribution is -0.0479. The molecule has 0 amide bonds. The van der Waals surface area contributed by atoms with Gasteiger partial charge in [-0.05, 0) is 25.2 Å². The van der Waals surface area contributed by atoms with Gasteiger partial charge in [-0.15, -0.1) is 0 Å². The highest BCUT2D eigenvalue weighted by atomic mass is 16.5. The zero-order valence-corrected chi connectivity index (χ0v) is 8.28. The van der Waals surface area contributed by atoms with E-state index < -0.39 is 0 Å². The number of likely N-dealkylation sites (tertiary alicyclic amines) is 1. The van der Waals surface area contributed by atoms with Crippen LogP contribution in [-0.4, -0.2) is 49.0 Å². The van der Waals surface area contributed by atoms with Gasteiger partial charge in [0, 0.05) is 19.6 Å². The molecular formula is C10H19NO2. The zero-order chi connectivity index (χ0) is 9.26. The number of aliphatic hydroxyl groups is 1. The van der Waals surface area contributed by atoms with Gasteiger partial charge in [-0.1, -0.05) is 0 Å². The van der Waals surface area contributed by atoms with Gasteiger partial charge in [0.2, 0.25) is 0 Å². The van der Waals surface area contributed by atoms with Crippen LogP contribution >= 0.6 is 0 Å². The molecule has 2 bridgehead atoms. The van der Waals surface area contributed by atoms with E-state index in [-0.39, 0.29) is 6.10 Å². The number of hydrogen-bond donors (Lipinski definition) is 1. The fourth-order valence-electron chi connectivity index (χ4n) is 2.59. The Morgan fingerprint density at radius 1 is 1.38 bits per heavy atom. The van der Waals surface area contributed by atoms with E-state index in [4.69, 9.17) is 4.74 Å². The third-order valence-electron chi connectivity index (χ3n) is 2.93. The molecule has 2 aliphatic heterocycles. The van der Waals surface area contributed by atoms with E-state index in [0.717, 1.165) is 32.8 Å².